The Morgan fingerprint density at radius 2 is 2.33 bits per heavy atom. The monoisotopic (exact) mass is 311 g/mol. The summed E-state index contributed by atoms with van der Waals surface area (Å²) in [6.45, 7) is 1.16. The van der Waals surface area contributed by atoms with Crippen molar-refractivity contribution in [3.05, 3.63) is 45.4 Å². The van der Waals surface area contributed by atoms with Gasteiger partial charge in [0, 0.05) is 25.1 Å². The lowest BCUT2D eigenvalue weighted by Crippen LogP contribution is -2.12. The maximum Gasteiger partial charge on any atom is 0.311 e. The highest BCUT2D eigenvalue weighted by molar-refractivity contribution is 9.10. The van der Waals surface area contributed by atoms with E-state index in [1.807, 2.05) is 12.3 Å². The minimum absolute atomic E-state index is 0.0511. The van der Waals surface area contributed by atoms with Crippen LogP contribution in [0.3, 0.4) is 0 Å². The summed E-state index contributed by atoms with van der Waals surface area (Å²) in [5, 5.41) is 17.9. The van der Waals surface area contributed by atoms with Gasteiger partial charge in [0.25, 0.3) is 0 Å². The van der Waals surface area contributed by atoms with Crippen LogP contribution in [0.5, 0.6) is 0 Å². The summed E-state index contributed by atoms with van der Waals surface area (Å²) in [5.41, 5.74) is 0.381. The van der Waals surface area contributed by atoms with Gasteiger partial charge in [-0.15, -0.1) is 0 Å². The first-order valence-electron chi connectivity index (χ1n) is 5.17. The fourth-order valence-electron chi connectivity index (χ4n) is 1.47. The number of hydrogen-bond donors (Lipinski definition) is 1. The molecule has 0 saturated heterocycles. The van der Waals surface area contributed by atoms with Gasteiger partial charge in [-0.2, -0.15) is 5.10 Å². The van der Waals surface area contributed by atoms with Gasteiger partial charge in [0.1, 0.15) is 11.9 Å². The Hall–Kier alpha value is -1.96. The van der Waals surface area contributed by atoms with Crippen LogP contribution in [0.25, 0.3) is 0 Å². The molecule has 0 atom stereocenters. The third-order valence-electron chi connectivity index (χ3n) is 2.28. The van der Waals surface area contributed by atoms with Crippen LogP contribution in [0.15, 0.2) is 35.3 Å². The lowest BCUT2D eigenvalue weighted by molar-refractivity contribution is -0.384. The zero-order chi connectivity index (χ0) is 13.0. The van der Waals surface area contributed by atoms with Crippen molar-refractivity contribution in [3.8, 4) is 0 Å². The standard InChI is InChI=1S/C10H10BrN5O2/c11-8-6-12-7-9(16(17)18)10(8)13-3-5-15-4-1-2-14-15/h1-2,4,6-7H,3,5H2,(H,12,13). The molecule has 0 aliphatic heterocycles. The molecule has 0 unspecified atom stereocenters. The summed E-state index contributed by atoms with van der Waals surface area (Å²) in [4.78, 5) is 14.2. The smallest absolute Gasteiger partial charge is 0.311 e. The van der Waals surface area contributed by atoms with Crippen molar-refractivity contribution in [2.75, 3.05) is 11.9 Å². The summed E-state index contributed by atoms with van der Waals surface area (Å²) in [6, 6.07) is 1.82. The Morgan fingerprint density at radius 1 is 1.50 bits per heavy atom. The first-order valence-corrected chi connectivity index (χ1v) is 5.97. The molecule has 0 saturated carbocycles. The molecule has 94 valence electrons. The first-order chi connectivity index (χ1) is 8.68. The fraction of sp³-hybridized carbons (Fsp3) is 0.200. The molecule has 0 aliphatic carbocycles. The second-order valence-corrected chi connectivity index (χ2v) is 4.32. The number of aromatic nitrogens is 3. The Bertz CT molecular complexity index is 543. The molecule has 2 aromatic rings. The molecule has 8 heteroatoms. The second-order valence-electron chi connectivity index (χ2n) is 3.47. The summed E-state index contributed by atoms with van der Waals surface area (Å²) < 4.78 is 2.31. The molecular formula is C10H10BrN5O2. The quantitative estimate of drug-likeness (QED) is 0.674. The molecule has 7 nitrogen and oxygen atoms in total. The molecule has 0 bridgehead atoms. The van der Waals surface area contributed by atoms with Gasteiger partial charge in [-0.25, -0.2) is 0 Å². The number of nitrogens with zero attached hydrogens (tertiary/aromatic N) is 4. The zero-order valence-electron chi connectivity index (χ0n) is 9.28. The summed E-state index contributed by atoms with van der Waals surface area (Å²) in [6.07, 6.45) is 6.26. The number of nitro groups is 1. The van der Waals surface area contributed by atoms with E-state index in [0.29, 0.717) is 23.2 Å². The number of anilines is 1. The number of nitrogens with one attached hydrogen (secondary N) is 1. The summed E-state index contributed by atoms with van der Waals surface area (Å²) in [7, 11) is 0. The third kappa shape index (κ3) is 2.83. The van der Waals surface area contributed by atoms with Crippen molar-refractivity contribution in [1.82, 2.24) is 14.8 Å². The van der Waals surface area contributed by atoms with Crippen molar-refractivity contribution in [3.63, 3.8) is 0 Å². The highest BCUT2D eigenvalue weighted by Gasteiger charge is 2.16. The van der Waals surface area contributed by atoms with Gasteiger partial charge in [-0.05, 0) is 22.0 Å². The molecule has 0 aliphatic rings. The van der Waals surface area contributed by atoms with E-state index in [2.05, 4.69) is 31.3 Å². The van der Waals surface area contributed by atoms with Crippen LogP contribution in [-0.4, -0.2) is 26.2 Å². The van der Waals surface area contributed by atoms with Crippen molar-refractivity contribution in [1.29, 1.82) is 0 Å². The number of rotatable bonds is 5. The molecule has 0 amide bonds. The average molecular weight is 312 g/mol. The number of halogens is 1. The van der Waals surface area contributed by atoms with Gasteiger partial charge in [0.2, 0.25) is 0 Å². The Morgan fingerprint density at radius 3 is 3.00 bits per heavy atom. The normalized spacial score (nSPS) is 10.3. The van der Waals surface area contributed by atoms with Crippen LogP contribution in [0.4, 0.5) is 11.4 Å². The topological polar surface area (TPSA) is 85.9 Å². The summed E-state index contributed by atoms with van der Waals surface area (Å²) in [5.74, 6) is 0. The van der Waals surface area contributed by atoms with Crippen LogP contribution < -0.4 is 5.32 Å². The molecule has 1 N–H and O–H groups in total. The van der Waals surface area contributed by atoms with E-state index in [-0.39, 0.29) is 5.69 Å². The van der Waals surface area contributed by atoms with E-state index in [1.165, 1.54) is 12.4 Å². The Kier molecular flexibility index (Phi) is 3.88. The van der Waals surface area contributed by atoms with Gasteiger partial charge < -0.3 is 5.32 Å². The second kappa shape index (κ2) is 5.58. The molecule has 2 aromatic heterocycles. The van der Waals surface area contributed by atoms with Gasteiger partial charge in [-0.1, -0.05) is 0 Å². The SMILES string of the molecule is O=[N+]([O-])c1cncc(Br)c1NCCn1cccn1. The maximum atomic E-state index is 10.9. The molecule has 0 aromatic carbocycles. The van der Waals surface area contributed by atoms with E-state index < -0.39 is 4.92 Å². The lowest BCUT2D eigenvalue weighted by atomic mass is 10.3. The van der Waals surface area contributed by atoms with Crippen LogP contribution >= 0.6 is 15.9 Å². The minimum atomic E-state index is -0.464. The van der Waals surface area contributed by atoms with Gasteiger partial charge in [-0.3, -0.25) is 19.8 Å². The predicted molar refractivity (Wildman–Crippen MR) is 69.3 cm³/mol. The Balaban J connectivity index is 2.06. The predicted octanol–water partition coefficient (Wildman–Crippen LogP) is 2.06. The molecule has 2 heterocycles. The molecule has 18 heavy (non-hydrogen) atoms. The van der Waals surface area contributed by atoms with Crippen molar-refractivity contribution < 1.29 is 4.92 Å². The highest BCUT2D eigenvalue weighted by Crippen LogP contribution is 2.30. The van der Waals surface area contributed by atoms with E-state index in [1.54, 1.807) is 10.9 Å². The number of pyridine rings is 1. The maximum absolute atomic E-state index is 10.9. The van der Waals surface area contributed by atoms with Gasteiger partial charge >= 0.3 is 5.69 Å². The van der Waals surface area contributed by atoms with Gasteiger partial charge in [0.15, 0.2) is 0 Å². The number of hydrogen-bond acceptors (Lipinski definition) is 5. The van der Waals surface area contributed by atoms with E-state index in [4.69, 9.17) is 0 Å². The van der Waals surface area contributed by atoms with E-state index in [0.717, 1.165) is 0 Å². The van der Waals surface area contributed by atoms with Gasteiger partial charge in [0.05, 0.1) is 15.9 Å². The van der Waals surface area contributed by atoms with Crippen LogP contribution in [-0.2, 0) is 6.54 Å². The molecule has 2 rings (SSSR count). The molecule has 0 fully saturated rings. The fourth-order valence-corrected chi connectivity index (χ4v) is 1.93. The van der Waals surface area contributed by atoms with Crippen LogP contribution in [0.2, 0.25) is 0 Å². The minimum Gasteiger partial charge on any atom is -0.377 e. The van der Waals surface area contributed by atoms with Crippen LogP contribution in [0.1, 0.15) is 0 Å². The lowest BCUT2D eigenvalue weighted by Gasteiger charge is -2.08. The molecular weight excluding hydrogens is 302 g/mol. The third-order valence-corrected chi connectivity index (χ3v) is 2.88. The van der Waals surface area contributed by atoms with Crippen molar-refractivity contribution >= 4 is 27.3 Å². The molecule has 0 radical (unpaired) electrons. The van der Waals surface area contributed by atoms with Crippen molar-refractivity contribution in [2.24, 2.45) is 0 Å². The van der Waals surface area contributed by atoms with Crippen molar-refractivity contribution in [2.45, 2.75) is 6.54 Å². The first kappa shape index (κ1) is 12.5. The summed E-state index contributed by atoms with van der Waals surface area (Å²) >= 11 is 3.24. The van der Waals surface area contributed by atoms with E-state index in [9.17, 15) is 10.1 Å². The average Bonchev–Trinajstić information content (AvgIpc) is 2.84. The highest BCUT2D eigenvalue weighted by atomic mass is 79.9. The largest absolute Gasteiger partial charge is 0.377 e. The Labute approximate surface area is 111 Å². The zero-order valence-corrected chi connectivity index (χ0v) is 10.9. The molecule has 0 spiro atoms. The van der Waals surface area contributed by atoms with Crippen LogP contribution in [0, 0.1) is 10.1 Å². The van der Waals surface area contributed by atoms with E-state index >= 15 is 0 Å².